The number of thiophene rings is 1. The van der Waals surface area contributed by atoms with Crippen molar-refractivity contribution in [3.05, 3.63) is 49.0 Å². The first-order valence-corrected chi connectivity index (χ1v) is 8.50. The molecule has 0 unspecified atom stereocenters. The lowest BCUT2D eigenvalue weighted by Gasteiger charge is -2.20. The molecule has 0 aliphatic rings. The summed E-state index contributed by atoms with van der Waals surface area (Å²) in [6, 6.07) is 9.46. The van der Waals surface area contributed by atoms with Gasteiger partial charge in [-0.2, -0.15) is 0 Å². The number of benzene rings is 1. The van der Waals surface area contributed by atoms with Gasteiger partial charge in [-0.3, -0.25) is 4.79 Å². The van der Waals surface area contributed by atoms with E-state index in [0.29, 0.717) is 13.1 Å². The zero-order chi connectivity index (χ0) is 14.7. The Bertz CT molecular complexity index is 591. The quantitative estimate of drug-likeness (QED) is 0.743. The molecule has 6 heteroatoms. The van der Waals surface area contributed by atoms with Gasteiger partial charge in [0.05, 0.1) is 8.66 Å². The zero-order valence-electron chi connectivity index (χ0n) is 10.9. The molecule has 106 valence electrons. The molecule has 0 saturated heterocycles. The monoisotopic (exact) mass is 416 g/mol. The van der Waals surface area contributed by atoms with E-state index < -0.39 is 0 Å². The van der Waals surface area contributed by atoms with E-state index in [4.69, 9.17) is 5.73 Å². The second kappa shape index (κ2) is 6.74. The lowest BCUT2D eigenvalue weighted by atomic mass is 10.2. The van der Waals surface area contributed by atoms with Gasteiger partial charge in [-0.05, 0) is 62.5 Å². The van der Waals surface area contributed by atoms with Gasteiger partial charge in [0.15, 0.2) is 0 Å². The van der Waals surface area contributed by atoms with Crippen LogP contribution in [0.3, 0.4) is 0 Å². The number of nitrogen functional groups attached to an aromatic ring is 1. The normalized spacial score (nSPS) is 10.6. The van der Waals surface area contributed by atoms with Crippen molar-refractivity contribution in [2.24, 2.45) is 0 Å². The van der Waals surface area contributed by atoms with E-state index in [1.807, 2.05) is 42.2 Å². The molecule has 0 radical (unpaired) electrons. The molecule has 0 spiro atoms. The minimum atomic E-state index is 0.0423. The Morgan fingerprint density at radius 3 is 2.45 bits per heavy atom. The average molecular weight is 418 g/mol. The second-order valence-corrected chi connectivity index (χ2v) is 7.52. The number of nitrogens with zero attached hydrogens (tertiary/aromatic N) is 1. The van der Waals surface area contributed by atoms with Crippen LogP contribution in [0.15, 0.2) is 38.6 Å². The molecule has 0 aliphatic carbocycles. The van der Waals surface area contributed by atoms with Gasteiger partial charge in [0.1, 0.15) is 0 Å². The number of amides is 1. The Balaban J connectivity index is 2.15. The largest absolute Gasteiger partial charge is 0.399 e. The number of carbonyl (C=O) groups excluding carboxylic acids is 1. The maximum Gasteiger partial charge on any atom is 0.264 e. The van der Waals surface area contributed by atoms with Crippen LogP contribution >= 0.6 is 43.2 Å². The van der Waals surface area contributed by atoms with Crippen LogP contribution in [-0.2, 0) is 6.54 Å². The standard InChI is InChI=1S/C14H14Br2N2OS/c1-2-18(8-9-3-5-10(17)6-4-9)14(19)12-7-11(15)13(16)20-12/h3-7H,2,8,17H2,1H3. The smallest absolute Gasteiger partial charge is 0.264 e. The number of hydrogen-bond acceptors (Lipinski definition) is 3. The Labute approximate surface area is 139 Å². The molecule has 2 N–H and O–H groups in total. The van der Waals surface area contributed by atoms with Crippen molar-refractivity contribution in [2.75, 3.05) is 12.3 Å². The number of rotatable bonds is 4. The molecule has 3 nitrogen and oxygen atoms in total. The average Bonchev–Trinajstić information content (AvgIpc) is 2.77. The summed E-state index contributed by atoms with van der Waals surface area (Å²) in [5.41, 5.74) is 7.47. The van der Waals surface area contributed by atoms with Gasteiger partial charge in [0.2, 0.25) is 0 Å². The van der Waals surface area contributed by atoms with E-state index in [1.165, 1.54) is 11.3 Å². The highest BCUT2D eigenvalue weighted by Crippen LogP contribution is 2.33. The van der Waals surface area contributed by atoms with Gasteiger partial charge in [-0.1, -0.05) is 12.1 Å². The number of halogens is 2. The molecule has 2 aromatic rings. The molecular weight excluding hydrogens is 404 g/mol. The molecular formula is C14H14Br2N2OS. The van der Waals surface area contributed by atoms with Crippen molar-refractivity contribution in [1.29, 1.82) is 0 Å². The van der Waals surface area contributed by atoms with Crippen molar-refractivity contribution < 1.29 is 4.79 Å². The molecule has 0 bridgehead atoms. The third-order valence-electron chi connectivity index (χ3n) is 2.88. The number of nitrogens with two attached hydrogens (primary N) is 1. The van der Waals surface area contributed by atoms with Crippen LogP contribution in [0.4, 0.5) is 5.69 Å². The third-order valence-corrected chi connectivity index (χ3v) is 6.12. The highest BCUT2D eigenvalue weighted by Gasteiger charge is 2.18. The van der Waals surface area contributed by atoms with E-state index in [0.717, 1.165) is 24.4 Å². The maximum absolute atomic E-state index is 12.5. The van der Waals surface area contributed by atoms with Gasteiger partial charge in [-0.15, -0.1) is 11.3 Å². The summed E-state index contributed by atoms with van der Waals surface area (Å²) >= 11 is 8.26. The highest BCUT2D eigenvalue weighted by molar-refractivity contribution is 9.13. The summed E-state index contributed by atoms with van der Waals surface area (Å²) in [6.45, 7) is 3.23. The van der Waals surface area contributed by atoms with Crippen molar-refractivity contribution in [3.8, 4) is 0 Å². The van der Waals surface area contributed by atoms with Crippen LogP contribution < -0.4 is 5.73 Å². The zero-order valence-corrected chi connectivity index (χ0v) is 14.9. The number of anilines is 1. The Kier molecular flexibility index (Phi) is 5.23. The maximum atomic E-state index is 12.5. The van der Waals surface area contributed by atoms with Crippen LogP contribution in [0.1, 0.15) is 22.2 Å². The van der Waals surface area contributed by atoms with Crippen LogP contribution in [-0.4, -0.2) is 17.4 Å². The van der Waals surface area contributed by atoms with Crippen LogP contribution in [0, 0.1) is 0 Å². The van der Waals surface area contributed by atoms with E-state index >= 15 is 0 Å². The molecule has 2 rings (SSSR count). The van der Waals surface area contributed by atoms with Crippen molar-refractivity contribution in [2.45, 2.75) is 13.5 Å². The van der Waals surface area contributed by atoms with Crippen LogP contribution in [0.5, 0.6) is 0 Å². The fourth-order valence-electron chi connectivity index (χ4n) is 1.78. The molecule has 1 aromatic carbocycles. The van der Waals surface area contributed by atoms with Crippen molar-refractivity contribution >= 4 is 54.8 Å². The van der Waals surface area contributed by atoms with Crippen molar-refractivity contribution in [3.63, 3.8) is 0 Å². The predicted octanol–water partition coefficient (Wildman–Crippen LogP) is 4.52. The summed E-state index contributed by atoms with van der Waals surface area (Å²) in [5, 5.41) is 0. The Hall–Kier alpha value is -0.850. The summed E-state index contributed by atoms with van der Waals surface area (Å²) in [5.74, 6) is 0.0423. The molecule has 1 aromatic heterocycles. The first-order valence-electron chi connectivity index (χ1n) is 6.09. The summed E-state index contributed by atoms with van der Waals surface area (Å²) in [7, 11) is 0. The molecule has 0 aliphatic heterocycles. The highest BCUT2D eigenvalue weighted by atomic mass is 79.9. The molecule has 0 fully saturated rings. The lowest BCUT2D eigenvalue weighted by molar-refractivity contribution is 0.0757. The second-order valence-electron chi connectivity index (χ2n) is 4.29. The van der Waals surface area contributed by atoms with E-state index in [-0.39, 0.29) is 5.91 Å². The van der Waals surface area contributed by atoms with Crippen LogP contribution in [0.2, 0.25) is 0 Å². The van der Waals surface area contributed by atoms with Crippen molar-refractivity contribution in [1.82, 2.24) is 4.90 Å². The SMILES string of the molecule is CCN(Cc1ccc(N)cc1)C(=O)c1cc(Br)c(Br)s1. The third kappa shape index (κ3) is 3.62. The van der Waals surface area contributed by atoms with Gasteiger partial charge < -0.3 is 10.6 Å². The van der Waals surface area contributed by atoms with E-state index in [9.17, 15) is 4.79 Å². The van der Waals surface area contributed by atoms with Gasteiger partial charge in [0, 0.05) is 23.2 Å². The number of carbonyl (C=O) groups is 1. The fraction of sp³-hybridized carbons (Fsp3) is 0.214. The molecule has 1 amide bonds. The summed E-state index contributed by atoms with van der Waals surface area (Å²) in [6.07, 6.45) is 0. The lowest BCUT2D eigenvalue weighted by Crippen LogP contribution is -2.29. The minimum Gasteiger partial charge on any atom is -0.399 e. The Morgan fingerprint density at radius 2 is 1.95 bits per heavy atom. The Morgan fingerprint density at radius 1 is 1.30 bits per heavy atom. The fourth-order valence-corrected chi connectivity index (χ4v) is 3.78. The van der Waals surface area contributed by atoms with Crippen LogP contribution in [0.25, 0.3) is 0 Å². The first kappa shape index (κ1) is 15.5. The van der Waals surface area contributed by atoms with E-state index in [1.54, 1.807) is 0 Å². The number of hydrogen-bond donors (Lipinski definition) is 1. The molecule has 1 heterocycles. The van der Waals surface area contributed by atoms with E-state index in [2.05, 4.69) is 31.9 Å². The molecule has 0 atom stereocenters. The predicted molar refractivity (Wildman–Crippen MR) is 91.0 cm³/mol. The van der Waals surface area contributed by atoms with Gasteiger partial charge in [-0.25, -0.2) is 0 Å². The topological polar surface area (TPSA) is 46.3 Å². The molecule has 20 heavy (non-hydrogen) atoms. The minimum absolute atomic E-state index is 0.0423. The van der Waals surface area contributed by atoms with Gasteiger partial charge in [0.25, 0.3) is 5.91 Å². The summed E-state index contributed by atoms with van der Waals surface area (Å²) < 4.78 is 1.85. The first-order chi connectivity index (χ1) is 9.51. The summed E-state index contributed by atoms with van der Waals surface area (Å²) in [4.78, 5) is 15.0. The van der Waals surface area contributed by atoms with Gasteiger partial charge >= 0.3 is 0 Å². The molecule has 0 saturated carbocycles.